The fourth-order valence-corrected chi connectivity index (χ4v) is 3.06. The molecule has 0 aromatic heterocycles. The van der Waals surface area contributed by atoms with Crippen LogP contribution in [0.2, 0.25) is 5.02 Å². The predicted octanol–water partition coefficient (Wildman–Crippen LogP) is 2.18. The lowest BCUT2D eigenvalue weighted by Gasteiger charge is -2.35. The van der Waals surface area contributed by atoms with E-state index in [1.54, 1.807) is 9.80 Å². The molecule has 0 bridgehead atoms. The van der Waals surface area contributed by atoms with Crippen LogP contribution in [0.15, 0.2) is 18.2 Å². The van der Waals surface area contributed by atoms with Gasteiger partial charge in [0.15, 0.2) is 0 Å². The number of piperazine rings is 1. The molecule has 2 aliphatic rings. The maximum absolute atomic E-state index is 13.1. The summed E-state index contributed by atoms with van der Waals surface area (Å²) in [5.74, 6) is 0.125. The van der Waals surface area contributed by atoms with Crippen LogP contribution in [0.4, 0.5) is 4.39 Å². The number of halogens is 3. The fraction of sp³-hybridized carbons (Fsp3) is 0.529. The van der Waals surface area contributed by atoms with Gasteiger partial charge in [0.25, 0.3) is 5.91 Å². The van der Waals surface area contributed by atoms with Crippen LogP contribution in [-0.4, -0.2) is 60.9 Å². The molecule has 1 aromatic carbocycles. The maximum Gasteiger partial charge on any atom is 0.255 e. The van der Waals surface area contributed by atoms with Crippen LogP contribution >= 0.6 is 24.0 Å². The molecule has 2 amide bonds. The van der Waals surface area contributed by atoms with E-state index in [1.165, 1.54) is 25.0 Å². The first-order valence-corrected chi connectivity index (χ1v) is 8.65. The van der Waals surface area contributed by atoms with Gasteiger partial charge < -0.3 is 15.1 Å². The average Bonchev–Trinajstić information content (AvgIpc) is 3.39. The summed E-state index contributed by atoms with van der Waals surface area (Å²) in [5, 5.41) is 3.31. The largest absolute Gasteiger partial charge is 0.338 e. The molecule has 1 aromatic rings. The Balaban J connectivity index is 0.00000225. The van der Waals surface area contributed by atoms with E-state index in [-0.39, 0.29) is 29.2 Å². The Kier molecular flexibility index (Phi) is 7.04. The van der Waals surface area contributed by atoms with Gasteiger partial charge in [-0.15, -0.1) is 12.4 Å². The zero-order valence-electron chi connectivity index (χ0n) is 13.8. The van der Waals surface area contributed by atoms with Crippen LogP contribution in [0.5, 0.6) is 0 Å². The summed E-state index contributed by atoms with van der Waals surface area (Å²) in [4.78, 5) is 28.0. The Morgan fingerprint density at radius 3 is 2.40 bits per heavy atom. The number of benzene rings is 1. The Hall–Kier alpha value is -1.37. The van der Waals surface area contributed by atoms with E-state index in [0.29, 0.717) is 38.3 Å². The zero-order valence-corrected chi connectivity index (χ0v) is 15.4. The van der Waals surface area contributed by atoms with Crippen molar-refractivity contribution in [3.05, 3.63) is 34.6 Å². The van der Waals surface area contributed by atoms with E-state index in [4.69, 9.17) is 11.6 Å². The zero-order chi connectivity index (χ0) is 17.1. The molecule has 1 heterocycles. The minimum absolute atomic E-state index is 0. The number of carbonyl (C=O) groups excluding carboxylic acids is 2. The first kappa shape index (κ1) is 19.9. The van der Waals surface area contributed by atoms with Crippen molar-refractivity contribution in [1.29, 1.82) is 0 Å². The molecule has 1 saturated heterocycles. The molecule has 3 rings (SSSR count). The van der Waals surface area contributed by atoms with Gasteiger partial charge in [-0.1, -0.05) is 11.6 Å². The van der Waals surface area contributed by atoms with E-state index < -0.39 is 5.82 Å². The van der Waals surface area contributed by atoms with Crippen LogP contribution in [0.3, 0.4) is 0 Å². The molecule has 138 valence electrons. The lowest BCUT2D eigenvalue weighted by molar-refractivity contribution is -0.131. The van der Waals surface area contributed by atoms with Crippen LogP contribution < -0.4 is 5.32 Å². The number of rotatable bonds is 5. The summed E-state index contributed by atoms with van der Waals surface area (Å²) in [6.07, 6.45) is 2.52. The molecule has 1 aliphatic carbocycles. The van der Waals surface area contributed by atoms with Gasteiger partial charge in [-0.2, -0.15) is 0 Å². The maximum atomic E-state index is 13.1. The fourth-order valence-electron chi connectivity index (χ4n) is 2.81. The number of amides is 2. The van der Waals surface area contributed by atoms with E-state index in [2.05, 4.69) is 5.32 Å². The van der Waals surface area contributed by atoms with Gasteiger partial charge in [0.05, 0.1) is 17.1 Å². The van der Waals surface area contributed by atoms with Crippen molar-refractivity contribution in [2.45, 2.75) is 12.8 Å². The third-order valence-electron chi connectivity index (χ3n) is 4.49. The monoisotopic (exact) mass is 389 g/mol. The van der Waals surface area contributed by atoms with Crippen molar-refractivity contribution in [3.63, 3.8) is 0 Å². The second kappa shape index (κ2) is 8.83. The molecule has 0 atom stereocenters. The highest BCUT2D eigenvalue weighted by Gasteiger charge is 2.26. The second-order valence-electron chi connectivity index (χ2n) is 6.37. The third-order valence-corrected chi connectivity index (χ3v) is 4.80. The topological polar surface area (TPSA) is 52.7 Å². The quantitative estimate of drug-likeness (QED) is 0.839. The lowest BCUT2D eigenvalue weighted by Crippen LogP contribution is -2.52. The van der Waals surface area contributed by atoms with E-state index in [9.17, 15) is 14.0 Å². The summed E-state index contributed by atoms with van der Waals surface area (Å²) in [6, 6.07) is 3.77. The van der Waals surface area contributed by atoms with Gasteiger partial charge in [-0.25, -0.2) is 4.39 Å². The van der Waals surface area contributed by atoms with Gasteiger partial charge in [0.1, 0.15) is 5.82 Å². The van der Waals surface area contributed by atoms with Crippen LogP contribution in [0, 0.1) is 11.7 Å². The minimum atomic E-state index is -0.467. The van der Waals surface area contributed by atoms with E-state index in [1.807, 2.05) is 0 Å². The van der Waals surface area contributed by atoms with Crippen molar-refractivity contribution in [2.75, 3.05) is 39.3 Å². The molecule has 1 N–H and O–H groups in total. The third kappa shape index (κ3) is 5.30. The molecule has 8 heteroatoms. The summed E-state index contributed by atoms with van der Waals surface area (Å²) >= 11 is 5.95. The van der Waals surface area contributed by atoms with Crippen molar-refractivity contribution >= 4 is 35.8 Å². The summed E-state index contributed by atoms with van der Waals surface area (Å²) in [6.45, 7) is 3.20. The predicted molar refractivity (Wildman–Crippen MR) is 96.7 cm³/mol. The van der Waals surface area contributed by atoms with Gasteiger partial charge in [-0.3, -0.25) is 9.59 Å². The lowest BCUT2D eigenvalue weighted by atomic mass is 10.1. The highest BCUT2D eigenvalue weighted by atomic mass is 35.5. The normalized spacial score (nSPS) is 17.2. The minimum Gasteiger partial charge on any atom is -0.338 e. The smallest absolute Gasteiger partial charge is 0.255 e. The van der Waals surface area contributed by atoms with E-state index in [0.717, 1.165) is 18.5 Å². The SMILES string of the molecule is Cl.O=C(CNCC1CC1)N1CCN(C(=O)c2ccc(F)cc2Cl)CC1. The number of hydrogen-bond acceptors (Lipinski definition) is 3. The van der Waals surface area contributed by atoms with E-state index >= 15 is 0 Å². The average molecular weight is 390 g/mol. The standard InChI is InChI=1S/C17H21ClFN3O2.ClH/c18-15-9-13(19)3-4-14(15)17(24)22-7-5-21(6-8-22)16(23)11-20-10-12-1-2-12;/h3-4,9,12,20H,1-2,5-8,10-11H2;1H. The second-order valence-corrected chi connectivity index (χ2v) is 6.78. The molecular formula is C17H22Cl2FN3O2. The van der Waals surface area contributed by atoms with Gasteiger partial charge in [-0.05, 0) is 43.5 Å². The van der Waals surface area contributed by atoms with Gasteiger partial charge in [0.2, 0.25) is 5.91 Å². The van der Waals surface area contributed by atoms with Crippen LogP contribution in [-0.2, 0) is 4.79 Å². The van der Waals surface area contributed by atoms with Crippen molar-refractivity contribution < 1.29 is 14.0 Å². The molecule has 25 heavy (non-hydrogen) atoms. The summed E-state index contributed by atoms with van der Waals surface area (Å²) < 4.78 is 13.1. The Labute approximate surface area is 157 Å². The van der Waals surface area contributed by atoms with Crippen LogP contribution in [0.1, 0.15) is 23.2 Å². The highest BCUT2D eigenvalue weighted by molar-refractivity contribution is 6.33. The molecule has 0 radical (unpaired) electrons. The van der Waals surface area contributed by atoms with Gasteiger partial charge >= 0.3 is 0 Å². The van der Waals surface area contributed by atoms with Crippen LogP contribution in [0.25, 0.3) is 0 Å². The van der Waals surface area contributed by atoms with Crippen molar-refractivity contribution in [2.24, 2.45) is 5.92 Å². The molecule has 1 saturated carbocycles. The first-order chi connectivity index (χ1) is 11.5. The summed E-state index contributed by atoms with van der Waals surface area (Å²) in [7, 11) is 0. The Morgan fingerprint density at radius 2 is 1.80 bits per heavy atom. The Morgan fingerprint density at radius 1 is 1.16 bits per heavy atom. The molecule has 5 nitrogen and oxygen atoms in total. The highest BCUT2D eigenvalue weighted by Crippen LogP contribution is 2.27. The first-order valence-electron chi connectivity index (χ1n) is 8.27. The number of nitrogens with zero attached hydrogens (tertiary/aromatic N) is 2. The van der Waals surface area contributed by atoms with Crippen molar-refractivity contribution in [3.8, 4) is 0 Å². The molecular weight excluding hydrogens is 368 g/mol. The number of carbonyl (C=O) groups is 2. The summed E-state index contributed by atoms with van der Waals surface area (Å²) in [5.41, 5.74) is 0.295. The molecule has 1 aliphatic heterocycles. The molecule has 2 fully saturated rings. The molecule has 0 unspecified atom stereocenters. The molecule has 0 spiro atoms. The number of hydrogen-bond donors (Lipinski definition) is 1. The van der Waals surface area contributed by atoms with Gasteiger partial charge in [0, 0.05) is 26.2 Å². The number of nitrogens with one attached hydrogen (secondary N) is 1. The Bertz CT molecular complexity index is 632. The van der Waals surface area contributed by atoms with Crippen molar-refractivity contribution in [1.82, 2.24) is 15.1 Å².